The van der Waals surface area contributed by atoms with Gasteiger partial charge in [0.25, 0.3) is 5.91 Å². The second-order valence-corrected chi connectivity index (χ2v) is 5.75. The van der Waals surface area contributed by atoms with Crippen LogP contribution in [-0.4, -0.2) is 17.0 Å². The number of hydrogen-bond acceptors (Lipinski definition) is 5. The summed E-state index contributed by atoms with van der Waals surface area (Å²) >= 11 is 0. The largest absolute Gasteiger partial charge is 0.481 e. The number of pyridine rings is 1. The normalized spacial score (nSPS) is 11.9. The number of carbonyl (C=O) groups excluding carboxylic acids is 1. The zero-order chi connectivity index (χ0) is 17.8. The van der Waals surface area contributed by atoms with E-state index in [1.54, 1.807) is 31.5 Å². The molecule has 0 aliphatic heterocycles. The van der Waals surface area contributed by atoms with E-state index in [4.69, 9.17) is 9.15 Å². The Morgan fingerprint density at radius 1 is 1.32 bits per heavy atom. The number of fused-ring (bicyclic) bond motifs is 1. The molecule has 0 bridgehead atoms. The first-order valence-electron chi connectivity index (χ1n) is 7.91. The molecule has 3 aromatic rings. The molecule has 0 unspecified atom stereocenters. The number of ether oxygens (including phenoxy) is 1. The van der Waals surface area contributed by atoms with Crippen LogP contribution in [0.1, 0.15) is 18.1 Å². The minimum atomic E-state index is -0.689. The Labute approximate surface area is 144 Å². The molecular formula is C19H18N2O4. The lowest BCUT2D eigenvalue weighted by Crippen LogP contribution is -2.35. The van der Waals surface area contributed by atoms with Crippen molar-refractivity contribution in [2.75, 3.05) is 0 Å². The van der Waals surface area contributed by atoms with Gasteiger partial charge in [-0.2, -0.15) is 0 Å². The van der Waals surface area contributed by atoms with Crippen molar-refractivity contribution in [3.8, 4) is 5.75 Å². The number of nitrogens with zero attached hydrogens (tertiary/aromatic N) is 1. The summed E-state index contributed by atoms with van der Waals surface area (Å²) in [4.78, 5) is 27.7. The lowest BCUT2D eigenvalue weighted by Gasteiger charge is -2.15. The number of benzene rings is 1. The van der Waals surface area contributed by atoms with E-state index < -0.39 is 11.7 Å². The maximum Gasteiger partial charge on any atom is 0.336 e. The van der Waals surface area contributed by atoms with Gasteiger partial charge in [0, 0.05) is 36.5 Å². The van der Waals surface area contributed by atoms with Crippen LogP contribution in [0.15, 0.2) is 58.0 Å². The standard InChI is InChI=1S/C19H18N2O4/c1-12-8-18(22)25-17-9-15(5-6-16(12)17)24-13(2)19(23)21-11-14-4-3-7-20-10-14/h3-10,13H,11H2,1-2H3,(H,21,23)/t13-/m1/s1. The van der Waals surface area contributed by atoms with Crippen LogP contribution >= 0.6 is 0 Å². The van der Waals surface area contributed by atoms with Crippen molar-refractivity contribution in [3.05, 3.63) is 70.3 Å². The molecule has 25 heavy (non-hydrogen) atoms. The quantitative estimate of drug-likeness (QED) is 0.723. The first-order chi connectivity index (χ1) is 12.0. The van der Waals surface area contributed by atoms with E-state index in [2.05, 4.69) is 10.3 Å². The summed E-state index contributed by atoms with van der Waals surface area (Å²) < 4.78 is 10.9. The van der Waals surface area contributed by atoms with Gasteiger partial charge in [0.2, 0.25) is 0 Å². The Bertz CT molecular complexity index is 951. The fourth-order valence-corrected chi connectivity index (χ4v) is 2.47. The van der Waals surface area contributed by atoms with Crippen molar-refractivity contribution >= 4 is 16.9 Å². The van der Waals surface area contributed by atoms with E-state index in [-0.39, 0.29) is 5.91 Å². The third kappa shape index (κ3) is 4.03. The Hall–Kier alpha value is -3.15. The minimum absolute atomic E-state index is 0.241. The molecule has 0 saturated heterocycles. The average Bonchev–Trinajstić information content (AvgIpc) is 2.60. The molecule has 0 radical (unpaired) electrons. The van der Waals surface area contributed by atoms with Crippen LogP contribution in [0.3, 0.4) is 0 Å². The van der Waals surface area contributed by atoms with Gasteiger partial charge in [0.1, 0.15) is 11.3 Å². The number of aryl methyl sites for hydroxylation is 1. The van der Waals surface area contributed by atoms with Crippen molar-refractivity contribution in [2.24, 2.45) is 0 Å². The number of nitrogens with one attached hydrogen (secondary N) is 1. The molecule has 6 heteroatoms. The SMILES string of the molecule is Cc1cc(=O)oc2cc(O[C@H](C)C(=O)NCc3cccnc3)ccc12. The first kappa shape index (κ1) is 16.7. The molecule has 128 valence electrons. The minimum Gasteiger partial charge on any atom is -0.481 e. The van der Waals surface area contributed by atoms with Crippen molar-refractivity contribution < 1.29 is 13.9 Å². The summed E-state index contributed by atoms with van der Waals surface area (Å²) in [6, 6.07) is 10.3. The Kier molecular flexibility index (Phi) is 4.79. The summed E-state index contributed by atoms with van der Waals surface area (Å²) in [5.41, 5.74) is 1.76. The van der Waals surface area contributed by atoms with E-state index in [1.165, 1.54) is 6.07 Å². The Morgan fingerprint density at radius 3 is 2.92 bits per heavy atom. The van der Waals surface area contributed by atoms with Crippen LogP contribution in [0.4, 0.5) is 0 Å². The zero-order valence-corrected chi connectivity index (χ0v) is 14.0. The smallest absolute Gasteiger partial charge is 0.336 e. The summed E-state index contributed by atoms with van der Waals surface area (Å²) in [6.45, 7) is 3.88. The molecule has 0 aliphatic carbocycles. The molecule has 3 rings (SSSR count). The Morgan fingerprint density at radius 2 is 2.16 bits per heavy atom. The maximum absolute atomic E-state index is 12.2. The van der Waals surface area contributed by atoms with Crippen LogP contribution in [0.2, 0.25) is 0 Å². The molecule has 1 N–H and O–H groups in total. The van der Waals surface area contributed by atoms with Crippen molar-refractivity contribution in [1.29, 1.82) is 0 Å². The molecule has 2 aromatic heterocycles. The molecule has 0 saturated carbocycles. The van der Waals surface area contributed by atoms with Gasteiger partial charge in [0.05, 0.1) is 0 Å². The van der Waals surface area contributed by atoms with Gasteiger partial charge >= 0.3 is 5.63 Å². The number of carbonyl (C=O) groups is 1. The molecular weight excluding hydrogens is 320 g/mol. The summed E-state index contributed by atoms with van der Waals surface area (Å²) in [6.07, 6.45) is 2.68. The number of aromatic nitrogens is 1. The average molecular weight is 338 g/mol. The number of rotatable bonds is 5. The molecule has 0 aliphatic rings. The van der Waals surface area contributed by atoms with Crippen LogP contribution in [0.25, 0.3) is 11.0 Å². The van der Waals surface area contributed by atoms with Gasteiger partial charge in [-0.1, -0.05) is 6.07 Å². The molecule has 6 nitrogen and oxygen atoms in total. The molecule has 2 heterocycles. The summed E-state index contributed by atoms with van der Waals surface area (Å²) in [5.74, 6) is 0.222. The third-order valence-corrected chi connectivity index (χ3v) is 3.79. The van der Waals surface area contributed by atoms with Crippen molar-refractivity contribution in [2.45, 2.75) is 26.5 Å². The number of hydrogen-bond donors (Lipinski definition) is 1. The first-order valence-corrected chi connectivity index (χ1v) is 7.91. The van der Waals surface area contributed by atoms with Crippen LogP contribution in [0.5, 0.6) is 5.75 Å². The van der Waals surface area contributed by atoms with E-state index in [0.717, 1.165) is 16.5 Å². The Balaban J connectivity index is 1.67. The second-order valence-electron chi connectivity index (χ2n) is 5.75. The van der Waals surface area contributed by atoms with Crippen molar-refractivity contribution in [1.82, 2.24) is 10.3 Å². The monoisotopic (exact) mass is 338 g/mol. The fraction of sp³-hybridized carbons (Fsp3) is 0.211. The van der Waals surface area contributed by atoms with Gasteiger partial charge < -0.3 is 14.5 Å². The van der Waals surface area contributed by atoms with E-state index >= 15 is 0 Å². The van der Waals surface area contributed by atoms with Crippen LogP contribution in [-0.2, 0) is 11.3 Å². The van der Waals surface area contributed by atoms with E-state index in [9.17, 15) is 9.59 Å². The number of amides is 1. The molecule has 0 spiro atoms. The highest BCUT2D eigenvalue weighted by molar-refractivity contribution is 5.82. The third-order valence-electron chi connectivity index (χ3n) is 3.79. The molecule has 1 aromatic carbocycles. The highest BCUT2D eigenvalue weighted by Gasteiger charge is 2.15. The van der Waals surface area contributed by atoms with Crippen molar-refractivity contribution in [3.63, 3.8) is 0 Å². The molecule has 0 fully saturated rings. The summed E-state index contributed by atoms with van der Waals surface area (Å²) in [5, 5.41) is 3.63. The predicted octanol–water partition coefficient (Wildman–Crippen LogP) is 2.58. The van der Waals surface area contributed by atoms with Gasteiger partial charge in [-0.25, -0.2) is 4.79 Å². The van der Waals surface area contributed by atoms with Gasteiger partial charge in [-0.3, -0.25) is 9.78 Å². The summed E-state index contributed by atoms with van der Waals surface area (Å²) in [7, 11) is 0. The lowest BCUT2D eigenvalue weighted by atomic mass is 10.1. The topological polar surface area (TPSA) is 81.4 Å². The van der Waals surface area contributed by atoms with Crippen LogP contribution < -0.4 is 15.7 Å². The van der Waals surface area contributed by atoms with Gasteiger partial charge in [-0.05, 0) is 43.2 Å². The van der Waals surface area contributed by atoms with Gasteiger partial charge in [-0.15, -0.1) is 0 Å². The zero-order valence-electron chi connectivity index (χ0n) is 14.0. The van der Waals surface area contributed by atoms with Gasteiger partial charge in [0.15, 0.2) is 6.10 Å². The van der Waals surface area contributed by atoms with E-state index in [1.807, 2.05) is 25.1 Å². The highest BCUT2D eigenvalue weighted by atomic mass is 16.5. The predicted molar refractivity (Wildman–Crippen MR) is 93.4 cm³/mol. The maximum atomic E-state index is 12.2. The molecule has 1 atom stereocenters. The molecule has 1 amide bonds. The van der Waals surface area contributed by atoms with E-state index in [0.29, 0.717) is 17.9 Å². The lowest BCUT2D eigenvalue weighted by molar-refractivity contribution is -0.127. The van der Waals surface area contributed by atoms with Crippen LogP contribution in [0, 0.1) is 6.92 Å². The fourth-order valence-electron chi connectivity index (χ4n) is 2.47. The second kappa shape index (κ2) is 7.17. The highest BCUT2D eigenvalue weighted by Crippen LogP contribution is 2.23.